The molecule has 0 unspecified atom stereocenters. The molecule has 0 aliphatic rings. The maximum Gasteiger partial charge on any atom is 0.339 e. The van der Waals surface area contributed by atoms with Crippen molar-refractivity contribution in [2.45, 2.75) is 0 Å². The molecular weight excluding hydrogens is 257 g/mol. The lowest BCUT2D eigenvalue weighted by molar-refractivity contribution is 0.0693. The van der Waals surface area contributed by atoms with E-state index in [4.69, 9.17) is 5.11 Å². The first-order valence-electron chi connectivity index (χ1n) is 6.04. The number of fused-ring (bicyclic) bond motifs is 1. The van der Waals surface area contributed by atoms with E-state index < -0.39 is 11.8 Å². The van der Waals surface area contributed by atoms with Crippen LogP contribution in [0.15, 0.2) is 54.7 Å². The molecule has 98 valence electrons. The van der Waals surface area contributed by atoms with Gasteiger partial charge in [0, 0.05) is 11.6 Å². The van der Waals surface area contributed by atoms with Gasteiger partial charge in [-0.05, 0) is 29.3 Å². The second-order valence-corrected chi connectivity index (χ2v) is 4.38. The maximum atomic E-state index is 13.7. The molecule has 2 aromatic carbocycles. The molecule has 1 N–H and O–H groups in total. The number of carbonyl (C=O) groups is 1. The number of halogens is 1. The van der Waals surface area contributed by atoms with Crippen molar-refractivity contribution in [3.63, 3.8) is 0 Å². The van der Waals surface area contributed by atoms with E-state index in [2.05, 4.69) is 4.98 Å². The predicted molar refractivity (Wildman–Crippen MR) is 74.1 cm³/mol. The molecule has 0 aliphatic carbocycles. The highest BCUT2D eigenvalue weighted by Crippen LogP contribution is 2.28. The van der Waals surface area contributed by atoms with E-state index in [1.807, 2.05) is 18.2 Å². The van der Waals surface area contributed by atoms with Crippen LogP contribution in [0.2, 0.25) is 0 Å². The first-order chi connectivity index (χ1) is 9.66. The normalized spacial score (nSPS) is 10.7. The van der Waals surface area contributed by atoms with Crippen LogP contribution in [0.25, 0.3) is 22.0 Å². The van der Waals surface area contributed by atoms with Crippen molar-refractivity contribution in [1.82, 2.24) is 4.98 Å². The third-order valence-electron chi connectivity index (χ3n) is 3.14. The number of hydrogen-bond donors (Lipinski definition) is 1. The SMILES string of the molecule is O=C(O)c1c(F)cccc1-c1ccc2cccnc2c1. The van der Waals surface area contributed by atoms with Crippen LogP contribution in [0.5, 0.6) is 0 Å². The second kappa shape index (κ2) is 4.74. The maximum absolute atomic E-state index is 13.7. The van der Waals surface area contributed by atoms with Crippen molar-refractivity contribution >= 4 is 16.9 Å². The number of carboxylic acids is 1. The van der Waals surface area contributed by atoms with Crippen LogP contribution in [-0.4, -0.2) is 16.1 Å². The Labute approximate surface area is 114 Å². The average Bonchev–Trinajstić information content (AvgIpc) is 2.46. The monoisotopic (exact) mass is 267 g/mol. The van der Waals surface area contributed by atoms with Gasteiger partial charge in [-0.3, -0.25) is 4.98 Å². The first kappa shape index (κ1) is 12.3. The van der Waals surface area contributed by atoms with Crippen LogP contribution in [-0.2, 0) is 0 Å². The number of benzene rings is 2. The summed E-state index contributed by atoms with van der Waals surface area (Å²) in [5, 5.41) is 10.1. The lowest BCUT2D eigenvalue weighted by atomic mass is 9.98. The van der Waals surface area contributed by atoms with Gasteiger partial charge in [-0.15, -0.1) is 0 Å². The van der Waals surface area contributed by atoms with Gasteiger partial charge in [-0.25, -0.2) is 9.18 Å². The molecule has 0 spiro atoms. The van der Waals surface area contributed by atoms with Gasteiger partial charge in [0.2, 0.25) is 0 Å². The summed E-state index contributed by atoms with van der Waals surface area (Å²) in [6, 6.07) is 13.3. The largest absolute Gasteiger partial charge is 0.478 e. The fourth-order valence-electron chi connectivity index (χ4n) is 2.22. The van der Waals surface area contributed by atoms with Crippen LogP contribution >= 0.6 is 0 Å². The molecule has 1 heterocycles. The zero-order chi connectivity index (χ0) is 14.1. The highest BCUT2D eigenvalue weighted by Gasteiger charge is 2.16. The zero-order valence-electron chi connectivity index (χ0n) is 10.4. The summed E-state index contributed by atoms with van der Waals surface area (Å²) in [4.78, 5) is 15.4. The smallest absolute Gasteiger partial charge is 0.339 e. The van der Waals surface area contributed by atoms with Crippen molar-refractivity contribution in [1.29, 1.82) is 0 Å². The molecule has 0 bridgehead atoms. The Balaban J connectivity index is 2.25. The van der Waals surface area contributed by atoms with E-state index in [-0.39, 0.29) is 5.56 Å². The van der Waals surface area contributed by atoms with Crippen LogP contribution in [0, 0.1) is 5.82 Å². The molecule has 3 aromatic rings. The summed E-state index contributed by atoms with van der Waals surface area (Å²) in [5.74, 6) is -2.02. The molecule has 20 heavy (non-hydrogen) atoms. The lowest BCUT2D eigenvalue weighted by Gasteiger charge is -2.08. The molecule has 3 nitrogen and oxygen atoms in total. The highest BCUT2D eigenvalue weighted by atomic mass is 19.1. The lowest BCUT2D eigenvalue weighted by Crippen LogP contribution is -2.03. The molecule has 0 aliphatic heterocycles. The van der Waals surface area contributed by atoms with Gasteiger partial charge in [-0.1, -0.05) is 30.3 Å². The van der Waals surface area contributed by atoms with Crippen molar-refractivity contribution in [3.05, 3.63) is 66.1 Å². The number of aromatic carboxylic acids is 1. The van der Waals surface area contributed by atoms with Crippen LogP contribution in [0.1, 0.15) is 10.4 Å². The fourth-order valence-corrected chi connectivity index (χ4v) is 2.22. The molecule has 1 aromatic heterocycles. The summed E-state index contributed by atoms with van der Waals surface area (Å²) in [6.07, 6.45) is 1.66. The standard InChI is InChI=1S/C16H10FNO2/c17-13-5-1-4-12(15(13)16(19)20)11-7-6-10-3-2-8-18-14(10)9-11/h1-9H,(H,19,20). The molecular formula is C16H10FNO2. The summed E-state index contributed by atoms with van der Waals surface area (Å²) in [5.41, 5.74) is 1.41. The molecule has 4 heteroatoms. The van der Waals surface area contributed by atoms with Gasteiger partial charge in [0.1, 0.15) is 11.4 Å². The van der Waals surface area contributed by atoms with Crippen molar-refractivity contribution in [2.75, 3.05) is 0 Å². The van der Waals surface area contributed by atoms with E-state index >= 15 is 0 Å². The summed E-state index contributed by atoms with van der Waals surface area (Å²) in [6.45, 7) is 0. The topological polar surface area (TPSA) is 50.2 Å². The second-order valence-electron chi connectivity index (χ2n) is 4.38. The Morgan fingerprint density at radius 1 is 1.10 bits per heavy atom. The summed E-state index contributed by atoms with van der Waals surface area (Å²) < 4.78 is 13.7. The molecule has 0 saturated heterocycles. The number of nitrogens with zero attached hydrogens (tertiary/aromatic N) is 1. The number of pyridine rings is 1. The third-order valence-corrected chi connectivity index (χ3v) is 3.14. The molecule has 0 saturated carbocycles. The number of carboxylic acid groups (broad SMARTS) is 1. The summed E-state index contributed by atoms with van der Waals surface area (Å²) in [7, 11) is 0. The minimum absolute atomic E-state index is 0.317. The van der Waals surface area contributed by atoms with Crippen LogP contribution in [0.4, 0.5) is 4.39 Å². The van der Waals surface area contributed by atoms with E-state index in [0.29, 0.717) is 11.1 Å². The van der Waals surface area contributed by atoms with Gasteiger partial charge in [-0.2, -0.15) is 0 Å². The average molecular weight is 267 g/mol. The highest BCUT2D eigenvalue weighted by molar-refractivity contribution is 5.97. The minimum Gasteiger partial charge on any atom is -0.478 e. The third kappa shape index (κ3) is 2.01. The Morgan fingerprint density at radius 3 is 2.75 bits per heavy atom. The first-order valence-corrected chi connectivity index (χ1v) is 6.04. The predicted octanol–water partition coefficient (Wildman–Crippen LogP) is 3.74. The Bertz CT molecular complexity index is 814. The quantitative estimate of drug-likeness (QED) is 0.769. The Kier molecular flexibility index (Phi) is 2.91. The molecule has 0 fully saturated rings. The number of rotatable bonds is 2. The van der Waals surface area contributed by atoms with Crippen LogP contribution < -0.4 is 0 Å². The zero-order valence-corrected chi connectivity index (χ0v) is 10.4. The van der Waals surface area contributed by atoms with Gasteiger partial charge >= 0.3 is 5.97 Å². The minimum atomic E-state index is -1.28. The number of hydrogen-bond acceptors (Lipinski definition) is 2. The van der Waals surface area contributed by atoms with Crippen molar-refractivity contribution < 1.29 is 14.3 Å². The van der Waals surface area contributed by atoms with Crippen molar-refractivity contribution in [2.24, 2.45) is 0 Å². The fraction of sp³-hybridized carbons (Fsp3) is 0. The summed E-state index contributed by atoms with van der Waals surface area (Å²) >= 11 is 0. The molecule has 3 rings (SSSR count). The Hall–Kier alpha value is -2.75. The van der Waals surface area contributed by atoms with Crippen molar-refractivity contribution in [3.8, 4) is 11.1 Å². The number of aromatic nitrogens is 1. The van der Waals surface area contributed by atoms with E-state index in [1.54, 1.807) is 24.4 Å². The van der Waals surface area contributed by atoms with E-state index in [1.165, 1.54) is 6.07 Å². The van der Waals surface area contributed by atoms with Gasteiger partial charge in [0.05, 0.1) is 5.52 Å². The van der Waals surface area contributed by atoms with Gasteiger partial charge in [0.25, 0.3) is 0 Å². The van der Waals surface area contributed by atoms with E-state index in [9.17, 15) is 9.18 Å². The molecule has 0 radical (unpaired) electrons. The molecule has 0 atom stereocenters. The van der Waals surface area contributed by atoms with Gasteiger partial charge < -0.3 is 5.11 Å². The molecule has 0 amide bonds. The Morgan fingerprint density at radius 2 is 1.95 bits per heavy atom. The van der Waals surface area contributed by atoms with E-state index in [0.717, 1.165) is 17.0 Å². The van der Waals surface area contributed by atoms with Crippen LogP contribution in [0.3, 0.4) is 0 Å². The van der Waals surface area contributed by atoms with Gasteiger partial charge in [0.15, 0.2) is 0 Å².